The van der Waals surface area contributed by atoms with Gasteiger partial charge in [-0.3, -0.25) is 4.79 Å². The fourth-order valence-corrected chi connectivity index (χ4v) is 1.79. The molecule has 0 aliphatic carbocycles. The Hall–Kier alpha value is -1.71. The van der Waals surface area contributed by atoms with E-state index >= 15 is 0 Å². The van der Waals surface area contributed by atoms with Crippen LogP contribution >= 0.6 is 0 Å². The summed E-state index contributed by atoms with van der Waals surface area (Å²) < 4.78 is 10.3. The Morgan fingerprint density at radius 2 is 2.06 bits per heavy atom. The number of hydrogen-bond donors (Lipinski definition) is 1. The number of carbonyl (C=O) groups is 1. The van der Waals surface area contributed by atoms with Crippen molar-refractivity contribution in [3.05, 3.63) is 23.8 Å². The summed E-state index contributed by atoms with van der Waals surface area (Å²) in [7, 11) is 3.12. The van der Waals surface area contributed by atoms with Gasteiger partial charge in [-0.15, -0.1) is 0 Å². The third kappa shape index (κ3) is 3.65. The highest BCUT2D eigenvalue weighted by atomic mass is 16.5. The van der Waals surface area contributed by atoms with Crippen LogP contribution < -0.4 is 14.8 Å². The summed E-state index contributed by atoms with van der Waals surface area (Å²) in [5.74, 6) is 1.08. The first-order chi connectivity index (χ1) is 8.62. The minimum atomic E-state index is -0.115. The van der Waals surface area contributed by atoms with Gasteiger partial charge in [0.1, 0.15) is 11.5 Å². The van der Waals surface area contributed by atoms with Crippen molar-refractivity contribution < 1.29 is 14.3 Å². The van der Waals surface area contributed by atoms with E-state index in [0.717, 1.165) is 12.8 Å². The van der Waals surface area contributed by atoms with Crippen molar-refractivity contribution in [1.82, 2.24) is 5.32 Å². The molecule has 1 atom stereocenters. The molecule has 0 fully saturated rings. The highest BCUT2D eigenvalue weighted by molar-refractivity contribution is 5.97. The molecule has 0 radical (unpaired) electrons. The van der Waals surface area contributed by atoms with Gasteiger partial charge in [-0.2, -0.15) is 0 Å². The van der Waals surface area contributed by atoms with Crippen LogP contribution in [0.15, 0.2) is 18.2 Å². The fraction of sp³-hybridized carbons (Fsp3) is 0.500. The first-order valence-electron chi connectivity index (χ1n) is 6.15. The summed E-state index contributed by atoms with van der Waals surface area (Å²) >= 11 is 0. The number of rotatable bonds is 6. The van der Waals surface area contributed by atoms with Gasteiger partial charge in [0, 0.05) is 12.1 Å². The third-order valence-corrected chi connectivity index (χ3v) is 2.75. The maximum atomic E-state index is 12.1. The quantitative estimate of drug-likeness (QED) is 0.845. The molecule has 0 saturated heterocycles. The van der Waals surface area contributed by atoms with Crippen LogP contribution in [0, 0.1) is 0 Å². The average Bonchev–Trinajstić information content (AvgIpc) is 2.38. The van der Waals surface area contributed by atoms with Crippen LogP contribution in [0.4, 0.5) is 0 Å². The number of amides is 1. The lowest BCUT2D eigenvalue weighted by Crippen LogP contribution is -2.32. The monoisotopic (exact) mass is 251 g/mol. The second-order valence-electron chi connectivity index (χ2n) is 4.23. The molecule has 0 bridgehead atoms. The minimum absolute atomic E-state index is 0.115. The number of benzene rings is 1. The molecular weight excluding hydrogens is 230 g/mol. The Morgan fingerprint density at radius 1 is 1.33 bits per heavy atom. The van der Waals surface area contributed by atoms with Gasteiger partial charge >= 0.3 is 0 Å². The second-order valence-corrected chi connectivity index (χ2v) is 4.23. The maximum Gasteiger partial charge on any atom is 0.255 e. The molecular formula is C14H21NO3. The lowest BCUT2D eigenvalue weighted by Gasteiger charge is -2.15. The summed E-state index contributed by atoms with van der Waals surface area (Å²) in [4.78, 5) is 12.1. The van der Waals surface area contributed by atoms with Crippen molar-refractivity contribution in [2.75, 3.05) is 14.2 Å². The lowest BCUT2D eigenvalue weighted by molar-refractivity contribution is 0.0935. The van der Waals surface area contributed by atoms with E-state index in [9.17, 15) is 4.79 Å². The zero-order valence-corrected chi connectivity index (χ0v) is 11.4. The van der Waals surface area contributed by atoms with Crippen LogP contribution in [0.2, 0.25) is 0 Å². The normalized spacial score (nSPS) is 11.8. The minimum Gasteiger partial charge on any atom is -0.497 e. The van der Waals surface area contributed by atoms with E-state index in [-0.39, 0.29) is 11.9 Å². The van der Waals surface area contributed by atoms with Gasteiger partial charge in [0.15, 0.2) is 0 Å². The topological polar surface area (TPSA) is 47.6 Å². The SMILES string of the molecule is CCCC(C)NC(=O)c1ccc(OC)cc1OC. The maximum absolute atomic E-state index is 12.1. The standard InChI is InChI=1S/C14H21NO3/c1-5-6-10(2)15-14(16)12-8-7-11(17-3)9-13(12)18-4/h7-10H,5-6H2,1-4H3,(H,15,16). The van der Waals surface area contributed by atoms with E-state index in [1.165, 1.54) is 0 Å². The molecule has 100 valence electrons. The van der Waals surface area contributed by atoms with Gasteiger partial charge < -0.3 is 14.8 Å². The van der Waals surface area contributed by atoms with E-state index in [1.54, 1.807) is 32.4 Å². The molecule has 18 heavy (non-hydrogen) atoms. The van der Waals surface area contributed by atoms with Crippen molar-refractivity contribution >= 4 is 5.91 Å². The molecule has 1 aromatic carbocycles. The van der Waals surface area contributed by atoms with E-state index in [4.69, 9.17) is 9.47 Å². The Bertz CT molecular complexity index is 404. The predicted octanol–water partition coefficient (Wildman–Crippen LogP) is 2.62. The van der Waals surface area contributed by atoms with Crippen molar-refractivity contribution in [1.29, 1.82) is 0 Å². The van der Waals surface area contributed by atoms with Crippen LogP contribution in [-0.4, -0.2) is 26.2 Å². The van der Waals surface area contributed by atoms with Gasteiger partial charge in [-0.05, 0) is 25.5 Å². The molecule has 0 saturated carbocycles. The molecule has 0 aromatic heterocycles. The van der Waals surface area contributed by atoms with Gasteiger partial charge in [0.05, 0.1) is 19.8 Å². The zero-order chi connectivity index (χ0) is 13.5. The molecule has 0 aliphatic heterocycles. The van der Waals surface area contributed by atoms with Crippen LogP contribution in [0.25, 0.3) is 0 Å². The number of nitrogens with one attached hydrogen (secondary N) is 1. The summed E-state index contributed by atoms with van der Waals surface area (Å²) in [5, 5.41) is 2.95. The number of ether oxygens (including phenoxy) is 2. The predicted molar refractivity (Wildman–Crippen MR) is 71.4 cm³/mol. The fourth-order valence-electron chi connectivity index (χ4n) is 1.79. The molecule has 1 rings (SSSR count). The van der Waals surface area contributed by atoms with E-state index in [2.05, 4.69) is 12.2 Å². The van der Waals surface area contributed by atoms with Gasteiger partial charge in [0.2, 0.25) is 0 Å². The number of carbonyl (C=O) groups excluding carboxylic acids is 1. The number of methoxy groups -OCH3 is 2. The van der Waals surface area contributed by atoms with Crippen LogP contribution in [-0.2, 0) is 0 Å². The van der Waals surface area contributed by atoms with Crippen LogP contribution in [0.1, 0.15) is 37.0 Å². The second kappa shape index (κ2) is 6.89. The molecule has 0 heterocycles. The molecule has 0 aliphatic rings. The number of hydrogen-bond acceptors (Lipinski definition) is 3. The smallest absolute Gasteiger partial charge is 0.255 e. The van der Waals surface area contributed by atoms with Gasteiger partial charge in [0.25, 0.3) is 5.91 Å². The van der Waals surface area contributed by atoms with Crippen LogP contribution in [0.3, 0.4) is 0 Å². The molecule has 0 spiro atoms. The zero-order valence-electron chi connectivity index (χ0n) is 11.4. The Labute approximate surface area is 108 Å². The highest BCUT2D eigenvalue weighted by Crippen LogP contribution is 2.24. The van der Waals surface area contributed by atoms with Crippen LogP contribution in [0.5, 0.6) is 11.5 Å². The average molecular weight is 251 g/mol. The lowest BCUT2D eigenvalue weighted by atomic mass is 10.1. The summed E-state index contributed by atoms with van der Waals surface area (Å²) in [6.07, 6.45) is 2.01. The molecule has 4 heteroatoms. The summed E-state index contributed by atoms with van der Waals surface area (Å²) in [6, 6.07) is 5.33. The molecule has 1 N–H and O–H groups in total. The van der Waals surface area contributed by atoms with Gasteiger partial charge in [-0.25, -0.2) is 0 Å². The molecule has 4 nitrogen and oxygen atoms in total. The highest BCUT2D eigenvalue weighted by Gasteiger charge is 2.14. The first kappa shape index (κ1) is 14.4. The van der Waals surface area contributed by atoms with Crippen molar-refractivity contribution in [2.45, 2.75) is 32.7 Å². The van der Waals surface area contributed by atoms with E-state index in [1.807, 2.05) is 6.92 Å². The van der Waals surface area contributed by atoms with Crippen molar-refractivity contribution in [3.8, 4) is 11.5 Å². The Kier molecular flexibility index (Phi) is 5.49. The Morgan fingerprint density at radius 3 is 2.61 bits per heavy atom. The summed E-state index contributed by atoms with van der Waals surface area (Å²) in [5.41, 5.74) is 0.529. The summed E-state index contributed by atoms with van der Waals surface area (Å²) in [6.45, 7) is 4.09. The Balaban J connectivity index is 2.84. The van der Waals surface area contributed by atoms with Crippen molar-refractivity contribution in [2.24, 2.45) is 0 Å². The van der Waals surface area contributed by atoms with E-state index < -0.39 is 0 Å². The van der Waals surface area contributed by atoms with Gasteiger partial charge in [-0.1, -0.05) is 13.3 Å². The van der Waals surface area contributed by atoms with Crippen molar-refractivity contribution in [3.63, 3.8) is 0 Å². The third-order valence-electron chi connectivity index (χ3n) is 2.75. The first-order valence-corrected chi connectivity index (χ1v) is 6.15. The largest absolute Gasteiger partial charge is 0.497 e. The van der Waals surface area contributed by atoms with E-state index in [0.29, 0.717) is 17.1 Å². The molecule has 1 unspecified atom stereocenters. The molecule has 1 aromatic rings. The molecule has 1 amide bonds.